The molecule has 0 bridgehead atoms. The molecule has 1 heterocycles. The topological polar surface area (TPSA) is 100 Å². The molecule has 2 aromatic rings. The van der Waals surface area contributed by atoms with Crippen molar-refractivity contribution in [1.82, 2.24) is 14.8 Å². The van der Waals surface area contributed by atoms with E-state index in [1.54, 1.807) is 29.0 Å². The normalized spacial score (nSPS) is 10.6. The Hall–Kier alpha value is -2.59. The fourth-order valence-electron chi connectivity index (χ4n) is 2.42. The molecule has 0 aliphatic rings. The number of hydrogen-bond acceptors (Lipinski definition) is 6. The van der Waals surface area contributed by atoms with E-state index in [0.29, 0.717) is 15.9 Å². The molecule has 0 aliphatic heterocycles. The summed E-state index contributed by atoms with van der Waals surface area (Å²) in [6.45, 7) is 17.0. The van der Waals surface area contributed by atoms with Gasteiger partial charge in [0.25, 0.3) is 5.91 Å². The lowest BCUT2D eigenvalue weighted by Crippen LogP contribution is -2.17. The SMILES string of the molecule is C=C.C=Cn1c(SCC(/C=C\C)=C/CC)nnc1C(=O)Nc1cccc(Cl)c1C.CB(O)O. The first-order valence-electron chi connectivity index (χ1n) is 10.2. The average molecular weight is 491 g/mol. The maximum atomic E-state index is 12.7. The molecule has 33 heavy (non-hydrogen) atoms. The number of aromatic nitrogens is 3. The summed E-state index contributed by atoms with van der Waals surface area (Å²) in [6.07, 6.45) is 8.74. The van der Waals surface area contributed by atoms with Crippen molar-refractivity contribution in [2.24, 2.45) is 0 Å². The van der Waals surface area contributed by atoms with Crippen LogP contribution in [0.25, 0.3) is 6.20 Å². The number of nitrogens with one attached hydrogen (secondary N) is 1. The second-order valence-electron chi connectivity index (χ2n) is 6.33. The zero-order valence-corrected chi connectivity index (χ0v) is 21.2. The number of halogens is 1. The van der Waals surface area contributed by atoms with Gasteiger partial charge in [0.2, 0.25) is 5.82 Å². The molecule has 178 valence electrons. The van der Waals surface area contributed by atoms with Crippen LogP contribution in [0.3, 0.4) is 0 Å². The lowest BCUT2D eigenvalue weighted by Gasteiger charge is -2.09. The van der Waals surface area contributed by atoms with Crippen molar-refractivity contribution in [3.8, 4) is 0 Å². The van der Waals surface area contributed by atoms with Gasteiger partial charge >= 0.3 is 7.12 Å². The zero-order chi connectivity index (χ0) is 25.4. The molecule has 0 spiro atoms. The van der Waals surface area contributed by atoms with Gasteiger partial charge in [-0.3, -0.25) is 9.36 Å². The second-order valence-corrected chi connectivity index (χ2v) is 7.68. The summed E-state index contributed by atoms with van der Waals surface area (Å²) in [5, 5.41) is 27.5. The second kappa shape index (κ2) is 17.0. The van der Waals surface area contributed by atoms with E-state index in [0.717, 1.165) is 17.7 Å². The number of benzene rings is 1. The van der Waals surface area contributed by atoms with E-state index < -0.39 is 7.12 Å². The first-order valence-corrected chi connectivity index (χ1v) is 11.6. The molecule has 7 nitrogen and oxygen atoms in total. The molecule has 0 unspecified atom stereocenters. The van der Waals surface area contributed by atoms with Gasteiger partial charge in [-0.2, -0.15) is 0 Å². The van der Waals surface area contributed by atoms with E-state index in [1.807, 2.05) is 19.9 Å². The molecule has 0 saturated carbocycles. The van der Waals surface area contributed by atoms with Crippen molar-refractivity contribution >= 4 is 48.3 Å². The van der Waals surface area contributed by atoms with Gasteiger partial charge in [0.05, 0.1) is 0 Å². The average Bonchev–Trinajstić information content (AvgIpc) is 3.19. The largest absolute Gasteiger partial charge is 0.448 e. The maximum Gasteiger partial charge on any atom is 0.448 e. The number of amides is 1. The molecule has 0 radical (unpaired) electrons. The summed E-state index contributed by atoms with van der Waals surface area (Å²) < 4.78 is 1.60. The van der Waals surface area contributed by atoms with E-state index in [-0.39, 0.29) is 11.7 Å². The van der Waals surface area contributed by atoms with Crippen molar-refractivity contribution in [3.63, 3.8) is 0 Å². The molecule has 0 saturated heterocycles. The minimum absolute atomic E-state index is 0.180. The summed E-state index contributed by atoms with van der Waals surface area (Å²) in [5.74, 6) is 0.551. The van der Waals surface area contributed by atoms with Gasteiger partial charge < -0.3 is 15.4 Å². The lowest BCUT2D eigenvalue weighted by atomic mass is 9.99. The van der Waals surface area contributed by atoms with Crippen LogP contribution in [0.1, 0.15) is 36.5 Å². The summed E-state index contributed by atoms with van der Waals surface area (Å²) in [5.41, 5.74) is 2.64. The standard InChI is InChI=1S/C20H23ClN4OS.C2H4.CH5BO2/c1-5-9-15(10-6-2)13-27-20-24-23-18(25(20)7-3)19(26)22-17-12-8-11-16(21)14(17)4;1-2;1-2(3)4/h5,7-12H,3,6,13H2,1-2,4H3,(H,22,26);1-2H2;3-4H,1H3/b9-5-,15-10+;;. The number of thioether (sulfide) groups is 1. The molecule has 2 rings (SSSR count). The maximum absolute atomic E-state index is 12.7. The van der Waals surface area contributed by atoms with Crippen molar-refractivity contribution in [2.45, 2.75) is 39.2 Å². The van der Waals surface area contributed by atoms with Crippen LogP contribution in [0.4, 0.5) is 5.69 Å². The van der Waals surface area contributed by atoms with Gasteiger partial charge in [-0.1, -0.05) is 61.2 Å². The van der Waals surface area contributed by atoms with E-state index >= 15 is 0 Å². The molecule has 0 fully saturated rings. The number of carbonyl (C=O) groups is 1. The molecule has 1 aromatic carbocycles. The Morgan fingerprint density at radius 1 is 1.33 bits per heavy atom. The highest BCUT2D eigenvalue weighted by Crippen LogP contribution is 2.25. The summed E-state index contributed by atoms with van der Waals surface area (Å²) in [6, 6.07) is 5.36. The van der Waals surface area contributed by atoms with Gasteiger partial charge in [-0.15, -0.1) is 23.4 Å². The number of carbonyl (C=O) groups excluding carboxylic acids is 1. The van der Waals surface area contributed by atoms with E-state index in [2.05, 4.69) is 54.3 Å². The Bertz CT molecular complexity index is 958. The molecule has 1 aromatic heterocycles. The smallest absolute Gasteiger partial charge is 0.427 e. The van der Waals surface area contributed by atoms with Crippen LogP contribution in [-0.2, 0) is 0 Å². The van der Waals surface area contributed by atoms with Crippen molar-refractivity contribution in [2.75, 3.05) is 11.1 Å². The van der Waals surface area contributed by atoms with Crippen LogP contribution in [0, 0.1) is 6.92 Å². The van der Waals surface area contributed by atoms with Crippen LogP contribution in [0.15, 0.2) is 66.9 Å². The van der Waals surface area contributed by atoms with Gasteiger partial charge in [0.15, 0.2) is 5.16 Å². The van der Waals surface area contributed by atoms with Crippen LogP contribution in [0.5, 0.6) is 0 Å². The van der Waals surface area contributed by atoms with E-state index in [1.165, 1.54) is 24.2 Å². The van der Waals surface area contributed by atoms with Crippen molar-refractivity contribution < 1.29 is 14.8 Å². The number of allylic oxidation sites excluding steroid dienone is 3. The number of anilines is 1. The van der Waals surface area contributed by atoms with Crippen molar-refractivity contribution in [1.29, 1.82) is 0 Å². The van der Waals surface area contributed by atoms with Crippen LogP contribution in [0.2, 0.25) is 11.8 Å². The van der Waals surface area contributed by atoms with Crippen LogP contribution < -0.4 is 5.32 Å². The quantitative estimate of drug-likeness (QED) is 0.196. The third-order valence-corrected chi connectivity index (χ3v) is 5.20. The Kier molecular flexibility index (Phi) is 15.6. The van der Waals surface area contributed by atoms with E-state index in [4.69, 9.17) is 21.6 Å². The van der Waals surface area contributed by atoms with Gasteiger partial charge in [-0.05, 0) is 50.4 Å². The molecule has 10 heteroatoms. The third kappa shape index (κ3) is 10.7. The predicted octanol–water partition coefficient (Wildman–Crippen LogP) is 5.49. The summed E-state index contributed by atoms with van der Waals surface area (Å²) in [4.78, 5) is 12.7. The molecular formula is C23H32BClN4O3S. The highest BCUT2D eigenvalue weighted by atomic mass is 35.5. The lowest BCUT2D eigenvalue weighted by molar-refractivity contribution is 0.101. The molecule has 3 N–H and O–H groups in total. The Balaban J connectivity index is 0.00000154. The first kappa shape index (κ1) is 30.4. The fraction of sp³-hybridized carbons (Fsp3) is 0.261. The van der Waals surface area contributed by atoms with Gasteiger partial charge in [0, 0.05) is 22.7 Å². The number of rotatable bonds is 8. The number of nitrogens with zero attached hydrogens (tertiary/aromatic N) is 3. The molecule has 0 aliphatic carbocycles. The molecular weight excluding hydrogens is 459 g/mol. The first-order chi connectivity index (χ1) is 15.7. The summed E-state index contributed by atoms with van der Waals surface area (Å²) in [7, 11) is -1.17. The Labute approximate surface area is 206 Å². The number of hydrogen-bond donors (Lipinski definition) is 3. The van der Waals surface area contributed by atoms with Gasteiger partial charge in [0.1, 0.15) is 0 Å². The fourth-order valence-corrected chi connectivity index (χ4v) is 3.50. The zero-order valence-electron chi connectivity index (χ0n) is 19.6. The predicted molar refractivity (Wildman–Crippen MR) is 142 cm³/mol. The molecule has 1 amide bonds. The Morgan fingerprint density at radius 3 is 2.52 bits per heavy atom. The van der Waals surface area contributed by atoms with Crippen LogP contribution in [-0.4, -0.2) is 43.6 Å². The monoisotopic (exact) mass is 490 g/mol. The van der Waals surface area contributed by atoms with Crippen LogP contribution >= 0.6 is 23.4 Å². The highest BCUT2D eigenvalue weighted by Gasteiger charge is 2.19. The third-order valence-electron chi connectivity index (χ3n) is 3.78. The summed E-state index contributed by atoms with van der Waals surface area (Å²) >= 11 is 7.62. The minimum atomic E-state index is -1.17. The Morgan fingerprint density at radius 2 is 1.97 bits per heavy atom. The van der Waals surface area contributed by atoms with Crippen molar-refractivity contribution in [3.05, 3.63) is 78.1 Å². The highest BCUT2D eigenvalue weighted by molar-refractivity contribution is 7.99. The minimum Gasteiger partial charge on any atom is -0.427 e. The van der Waals surface area contributed by atoms with Gasteiger partial charge in [-0.25, -0.2) is 0 Å². The van der Waals surface area contributed by atoms with E-state index in [9.17, 15) is 4.79 Å². The molecule has 0 atom stereocenters.